The summed E-state index contributed by atoms with van der Waals surface area (Å²) in [5.41, 5.74) is 7.67. The number of thioether (sulfide) groups is 1. The second kappa shape index (κ2) is 5.07. The van der Waals surface area contributed by atoms with Gasteiger partial charge in [-0.25, -0.2) is 4.98 Å². The summed E-state index contributed by atoms with van der Waals surface area (Å²) < 4.78 is 0. The van der Waals surface area contributed by atoms with Gasteiger partial charge in [0.05, 0.1) is 0 Å². The van der Waals surface area contributed by atoms with Gasteiger partial charge in [0.25, 0.3) is 5.56 Å². The number of nitrogens with two attached hydrogens (primary N) is 1. The molecule has 0 bridgehead atoms. The molecule has 1 aromatic rings. The van der Waals surface area contributed by atoms with Crippen molar-refractivity contribution in [3.05, 3.63) is 27.5 Å². The molecule has 1 rings (SSSR count). The van der Waals surface area contributed by atoms with E-state index in [1.807, 2.05) is 6.92 Å². The molecule has 4 nitrogen and oxygen atoms in total. The van der Waals surface area contributed by atoms with Gasteiger partial charge in [-0.1, -0.05) is 28.9 Å². The molecular weight excluding hydrogens is 222 g/mol. The minimum absolute atomic E-state index is 0.226. The molecular formula is C8H10ClN3OS. The Morgan fingerprint density at radius 1 is 1.86 bits per heavy atom. The fraction of sp³-hybridized carbons (Fsp3) is 0.250. The largest absolute Gasteiger partial charge is 0.383 e. The molecule has 0 spiro atoms. The fourth-order valence-corrected chi connectivity index (χ4v) is 1.69. The smallest absolute Gasteiger partial charge is 0.253 e. The van der Waals surface area contributed by atoms with Crippen LogP contribution in [-0.2, 0) is 0 Å². The number of aromatic amines is 1. The third-order valence-electron chi connectivity index (χ3n) is 1.36. The lowest BCUT2D eigenvalue weighted by Crippen LogP contribution is -2.09. The Bertz CT molecular complexity index is 402. The maximum atomic E-state index is 11.0. The van der Waals surface area contributed by atoms with Gasteiger partial charge < -0.3 is 10.7 Å². The highest BCUT2D eigenvalue weighted by Gasteiger charge is 1.99. The highest BCUT2D eigenvalue weighted by atomic mass is 35.5. The maximum Gasteiger partial charge on any atom is 0.253 e. The normalized spacial score (nSPS) is 11.7. The summed E-state index contributed by atoms with van der Waals surface area (Å²) in [7, 11) is 0. The number of H-pyrrole nitrogens is 1. The molecule has 0 aliphatic carbocycles. The van der Waals surface area contributed by atoms with Crippen LogP contribution in [0.5, 0.6) is 0 Å². The number of halogens is 1. The summed E-state index contributed by atoms with van der Waals surface area (Å²) in [6, 6.07) is 1.24. The molecule has 0 fully saturated rings. The van der Waals surface area contributed by atoms with E-state index in [2.05, 4.69) is 9.97 Å². The summed E-state index contributed by atoms with van der Waals surface area (Å²) in [4.78, 5) is 17.5. The minimum atomic E-state index is -0.243. The molecule has 0 amide bonds. The number of hydrogen-bond acceptors (Lipinski definition) is 4. The first-order valence-electron chi connectivity index (χ1n) is 3.87. The summed E-state index contributed by atoms with van der Waals surface area (Å²) >= 11 is 6.87. The Hall–Kier alpha value is -0.940. The SMILES string of the molecule is C/C(=C\Cl)CSc1nc(N)cc(=O)[nH]1. The Balaban J connectivity index is 2.73. The van der Waals surface area contributed by atoms with Crippen LogP contribution >= 0.6 is 23.4 Å². The predicted octanol–water partition coefficient (Wildman–Crippen LogP) is 1.59. The van der Waals surface area contributed by atoms with E-state index < -0.39 is 0 Å². The second-order valence-electron chi connectivity index (χ2n) is 2.72. The lowest BCUT2D eigenvalue weighted by Gasteiger charge is -2.00. The van der Waals surface area contributed by atoms with E-state index in [1.165, 1.54) is 23.4 Å². The maximum absolute atomic E-state index is 11.0. The Kier molecular flexibility index (Phi) is 4.03. The fourth-order valence-electron chi connectivity index (χ4n) is 0.735. The highest BCUT2D eigenvalue weighted by Crippen LogP contribution is 2.15. The zero-order valence-corrected chi connectivity index (χ0v) is 9.15. The van der Waals surface area contributed by atoms with E-state index in [0.29, 0.717) is 10.9 Å². The first kappa shape index (κ1) is 11.1. The molecule has 1 heterocycles. The minimum Gasteiger partial charge on any atom is -0.383 e. The third-order valence-corrected chi connectivity index (χ3v) is 2.80. The van der Waals surface area contributed by atoms with Gasteiger partial charge in [-0.3, -0.25) is 4.79 Å². The summed E-state index contributed by atoms with van der Waals surface area (Å²) in [6.45, 7) is 1.89. The zero-order chi connectivity index (χ0) is 10.6. The molecule has 0 atom stereocenters. The Labute approximate surface area is 90.6 Å². The van der Waals surface area contributed by atoms with Gasteiger partial charge in [0, 0.05) is 17.4 Å². The quantitative estimate of drug-likeness (QED) is 0.612. The lowest BCUT2D eigenvalue weighted by atomic mass is 10.4. The molecule has 14 heavy (non-hydrogen) atoms. The van der Waals surface area contributed by atoms with Crippen LogP contribution in [0.15, 0.2) is 27.1 Å². The van der Waals surface area contributed by atoms with E-state index in [0.717, 1.165) is 5.57 Å². The summed E-state index contributed by atoms with van der Waals surface area (Å²) in [6.07, 6.45) is 0. The second-order valence-corrected chi connectivity index (χ2v) is 3.90. The molecule has 0 saturated carbocycles. The molecule has 3 N–H and O–H groups in total. The van der Waals surface area contributed by atoms with E-state index in [9.17, 15) is 4.79 Å². The number of aromatic nitrogens is 2. The van der Waals surface area contributed by atoms with Crippen LogP contribution in [-0.4, -0.2) is 15.7 Å². The van der Waals surface area contributed by atoms with E-state index in [4.69, 9.17) is 17.3 Å². The van der Waals surface area contributed by atoms with E-state index in [1.54, 1.807) is 0 Å². The van der Waals surface area contributed by atoms with Crippen LogP contribution in [0.4, 0.5) is 5.82 Å². The molecule has 76 valence electrons. The standard InChI is InChI=1S/C8H10ClN3OS/c1-5(3-9)4-14-8-11-6(10)2-7(13)12-8/h2-3H,4H2,1H3,(H3,10,11,12,13)/b5-3+. The van der Waals surface area contributed by atoms with Crippen molar-refractivity contribution < 1.29 is 0 Å². The van der Waals surface area contributed by atoms with Crippen molar-refractivity contribution in [3.63, 3.8) is 0 Å². The topological polar surface area (TPSA) is 71.8 Å². The Morgan fingerprint density at radius 3 is 3.14 bits per heavy atom. The number of nitrogens with zero attached hydrogens (tertiary/aromatic N) is 1. The van der Waals surface area contributed by atoms with Gasteiger partial charge in [-0.05, 0) is 6.92 Å². The van der Waals surface area contributed by atoms with Gasteiger partial charge in [0.2, 0.25) is 0 Å². The predicted molar refractivity (Wildman–Crippen MR) is 59.6 cm³/mol. The van der Waals surface area contributed by atoms with Crippen molar-refractivity contribution >= 4 is 29.2 Å². The first-order chi connectivity index (χ1) is 6.61. The van der Waals surface area contributed by atoms with Gasteiger partial charge >= 0.3 is 0 Å². The highest BCUT2D eigenvalue weighted by molar-refractivity contribution is 7.99. The molecule has 0 saturated heterocycles. The van der Waals surface area contributed by atoms with Crippen LogP contribution in [0.2, 0.25) is 0 Å². The molecule has 0 unspecified atom stereocenters. The van der Waals surface area contributed by atoms with Crippen LogP contribution in [0.1, 0.15) is 6.92 Å². The molecule has 0 radical (unpaired) electrons. The Morgan fingerprint density at radius 2 is 2.57 bits per heavy atom. The van der Waals surface area contributed by atoms with Gasteiger partial charge in [-0.2, -0.15) is 0 Å². The van der Waals surface area contributed by atoms with Crippen molar-refractivity contribution in [2.75, 3.05) is 11.5 Å². The van der Waals surface area contributed by atoms with Crippen LogP contribution in [0.3, 0.4) is 0 Å². The average Bonchev–Trinajstić information content (AvgIpc) is 2.12. The summed E-state index contributed by atoms with van der Waals surface area (Å²) in [5.74, 6) is 0.902. The van der Waals surface area contributed by atoms with Gasteiger partial charge in [-0.15, -0.1) is 0 Å². The van der Waals surface area contributed by atoms with Gasteiger partial charge in [0.15, 0.2) is 5.16 Å². The average molecular weight is 232 g/mol. The third kappa shape index (κ3) is 3.43. The first-order valence-corrected chi connectivity index (χ1v) is 5.29. The van der Waals surface area contributed by atoms with Crippen LogP contribution in [0.25, 0.3) is 0 Å². The van der Waals surface area contributed by atoms with Gasteiger partial charge in [0.1, 0.15) is 5.82 Å². The van der Waals surface area contributed by atoms with Crippen molar-refractivity contribution in [1.82, 2.24) is 9.97 Å². The molecule has 1 aromatic heterocycles. The molecule has 0 aromatic carbocycles. The zero-order valence-electron chi connectivity index (χ0n) is 7.58. The monoisotopic (exact) mass is 231 g/mol. The summed E-state index contributed by atoms with van der Waals surface area (Å²) in [5, 5.41) is 0.507. The van der Waals surface area contributed by atoms with Crippen molar-refractivity contribution in [1.29, 1.82) is 0 Å². The van der Waals surface area contributed by atoms with Crippen molar-refractivity contribution in [3.8, 4) is 0 Å². The number of anilines is 1. The number of nitrogens with one attached hydrogen (secondary N) is 1. The van der Waals surface area contributed by atoms with E-state index >= 15 is 0 Å². The van der Waals surface area contributed by atoms with E-state index in [-0.39, 0.29) is 11.4 Å². The number of hydrogen-bond donors (Lipinski definition) is 2. The molecule has 6 heteroatoms. The number of nitrogen functional groups attached to an aromatic ring is 1. The lowest BCUT2D eigenvalue weighted by molar-refractivity contribution is 0.946. The molecule has 0 aliphatic heterocycles. The number of rotatable bonds is 3. The molecule has 0 aliphatic rings. The van der Waals surface area contributed by atoms with Crippen molar-refractivity contribution in [2.24, 2.45) is 0 Å². The van der Waals surface area contributed by atoms with Crippen LogP contribution < -0.4 is 11.3 Å². The van der Waals surface area contributed by atoms with Crippen molar-refractivity contribution in [2.45, 2.75) is 12.1 Å². The van der Waals surface area contributed by atoms with Crippen LogP contribution in [0, 0.1) is 0 Å².